The Morgan fingerprint density at radius 2 is 0.932 bits per heavy atom. The molecule has 7 aromatic carbocycles. The van der Waals surface area contributed by atoms with E-state index in [-0.39, 0.29) is 5.41 Å². The van der Waals surface area contributed by atoms with Gasteiger partial charge in [0.25, 0.3) is 0 Å². The number of fused-ring (bicyclic) bond motifs is 7. The Hall–Kier alpha value is -5.40. The molecule has 1 aliphatic carbocycles. The number of furan rings is 1. The van der Waals surface area contributed by atoms with Crippen LogP contribution in [0.2, 0.25) is 0 Å². The maximum Gasteiger partial charge on any atom is 0.139 e. The summed E-state index contributed by atoms with van der Waals surface area (Å²) < 4.78 is 6.56. The summed E-state index contributed by atoms with van der Waals surface area (Å²) in [5, 5.41) is 6.27. The third-order valence-corrected chi connectivity index (χ3v) is 9.61. The quantitative estimate of drug-likeness (QED) is 0.195. The summed E-state index contributed by atoms with van der Waals surface area (Å²) in [6.45, 7) is 4.72. The zero-order valence-corrected chi connectivity index (χ0v) is 24.8. The fraction of sp³-hybridized carbons (Fsp3) is 0.0698. The van der Waals surface area contributed by atoms with Crippen LogP contribution in [0.5, 0.6) is 0 Å². The van der Waals surface area contributed by atoms with Crippen LogP contribution >= 0.6 is 0 Å². The highest BCUT2D eigenvalue weighted by atomic mass is 16.3. The minimum atomic E-state index is -0.223. The lowest BCUT2D eigenvalue weighted by Crippen LogP contribution is -2.16. The molecule has 0 unspecified atom stereocenters. The van der Waals surface area contributed by atoms with Crippen LogP contribution in [0.15, 0.2) is 150 Å². The van der Waals surface area contributed by atoms with Gasteiger partial charge in [-0.15, -0.1) is 0 Å². The number of hydrogen-bond donors (Lipinski definition) is 0. The molecule has 0 saturated carbocycles. The van der Waals surface area contributed by atoms with E-state index < -0.39 is 0 Å². The van der Waals surface area contributed by atoms with Crippen LogP contribution in [0.1, 0.15) is 25.0 Å². The van der Waals surface area contributed by atoms with Crippen LogP contribution in [0.3, 0.4) is 0 Å². The lowest BCUT2D eigenvalue weighted by Gasteiger charge is -2.26. The van der Waals surface area contributed by atoms with E-state index in [9.17, 15) is 0 Å². The van der Waals surface area contributed by atoms with E-state index in [0.717, 1.165) is 11.3 Å². The first-order valence-electron chi connectivity index (χ1n) is 15.4. The maximum atomic E-state index is 6.56. The van der Waals surface area contributed by atoms with Crippen molar-refractivity contribution in [2.45, 2.75) is 19.3 Å². The van der Waals surface area contributed by atoms with E-state index in [1.165, 1.54) is 77.0 Å². The average molecular weight is 563 g/mol. The Morgan fingerprint density at radius 3 is 1.64 bits per heavy atom. The maximum absolute atomic E-state index is 6.56. The second-order valence-electron chi connectivity index (χ2n) is 12.4. The predicted molar refractivity (Wildman–Crippen MR) is 185 cm³/mol. The third kappa shape index (κ3) is 3.47. The first-order valence-corrected chi connectivity index (χ1v) is 15.4. The lowest BCUT2D eigenvalue weighted by molar-refractivity contribution is 0.619. The SMILES string of the molecule is CC1(C)c2c(cccc2-c2c3ccccc3c(-c3cccc(-c4ccccc4)c3)c3ccccc23)-c2oc3ccccc3c21. The molecule has 9 rings (SSSR count). The van der Waals surface area contributed by atoms with Crippen LogP contribution in [0.25, 0.3) is 77.2 Å². The Morgan fingerprint density at radius 1 is 0.409 bits per heavy atom. The van der Waals surface area contributed by atoms with Gasteiger partial charge in [0.1, 0.15) is 11.3 Å². The van der Waals surface area contributed by atoms with Crippen LogP contribution in [0.4, 0.5) is 0 Å². The van der Waals surface area contributed by atoms with Gasteiger partial charge in [0.15, 0.2) is 0 Å². The normalized spacial score (nSPS) is 13.4. The first kappa shape index (κ1) is 25.1. The van der Waals surface area contributed by atoms with Gasteiger partial charge in [-0.05, 0) is 72.6 Å². The second kappa shape index (κ2) is 9.30. The van der Waals surface area contributed by atoms with E-state index in [0.29, 0.717) is 0 Å². The van der Waals surface area contributed by atoms with Crippen molar-refractivity contribution < 1.29 is 4.42 Å². The van der Waals surface area contributed by atoms with Gasteiger partial charge in [-0.3, -0.25) is 0 Å². The molecule has 0 N–H and O–H groups in total. The van der Waals surface area contributed by atoms with Crippen molar-refractivity contribution in [2.75, 3.05) is 0 Å². The molecule has 208 valence electrons. The van der Waals surface area contributed by atoms with Crippen molar-refractivity contribution in [3.05, 3.63) is 157 Å². The van der Waals surface area contributed by atoms with Crippen molar-refractivity contribution in [3.8, 4) is 44.7 Å². The van der Waals surface area contributed by atoms with Crippen molar-refractivity contribution >= 4 is 32.5 Å². The van der Waals surface area contributed by atoms with E-state index >= 15 is 0 Å². The monoisotopic (exact) mass is 562 g/mol. The van der Waals surface area contributed by atoms with Gasteiger partial charge in [-0.1, -0.05) is 147 Å². The smallest absolute Gasteiger partial charge is 0.139 e. The van der Waals surface area contributed by atoms with Gasteiger partial charge in [0, 0.05) is 21.9 Å². The number of para-hydroxylation sites is 1. The highest BCUT2D eigenvalue weighted by Crippen LogP contribution is 2.57. The molecule has 1 heteroatoms. The van der Waals surface area contributed by atoms with E-state index in [1.54, 1.807) is 0 Å². The fourth-order valence-electron chi connectivity index (χ4n) is 7.82. The summed E-state index contributed by atoms with van der Waals surface area (Å²) in [5.74, 6) is 1.01. The van der Waals surface area contributed by atoms with Gasteiger partial charge in [-0.2, -0.15) is 0 Å². The summed E-state index contributed by atoms with van der Waals surface area (Å²) >= 11 is 0. The first-order chi connectivity index (χ1) is 21.6. The largest absolute Gasteiger partial charge is 0.456 e. The van der Waals surface area contributed by atoms with E-state index in [1.807, 2.05) is 0 Å². The van der Waals surface area contributed by atoms with Crippen molar-refractivity contribution in [1.82, 2.24) is 0 Å². The molecular formula is C43H30O. The molecular weight excluding hydrogens is 532 g/mol. The number of benzene rings is 7. The Bertz CT molecular complexity index is 2350. The molecule has 44 heavy (non-hydrogen) atoms. The molecule has 0 fully saturated rings. The molecule has 1 heterocycles. The summed E-state index contributed by atoms with van der Waals surface area (Å²) in [4.78, 5) is 0. The summed E-state index contributed by atoms with van der Waals surface area (Å²) in [7, 11) is 0. The molecule has 0 radical (unpaired) electrons. The zero-order chi connectivity index (χ0) is 29.4. The minimum Gasteiger partial charge on any atom is -0.456 e. The molecule has 0 amide bonds. The van der Waals surface area contributed by atoms with E-state index in [2.05, 4.69) is 159 Å². The Balaban J connectivity index is 1.36. The zero-order valence-electron chi connectivity index (χ0n) is 24.8. The van der Waals surface area contributed by atoms with Gasteiger partial charge >= 0.3 is 0 Å². The summed E-state index contributed by atoms with van der Waals surface area (Å²) in [6, 6.07) is 52.8. The number of hydrogen-bond acceptors (Lipinski definition) is 1. The highest BCUT2D eigenvalue weighted by molar-refractivity contribution is 6.22. The molecule has 1 nitrogen and oxygen atoms in total. The molecule has 0 atom stereocenters. The third-order valence-electron chi connectivity index (χ3n) is 9.61. The highest BCUT2D eigenvalue weighted by Gasteiger charge is 2.42. The van der Waals surface area contributed by atoms with Crippen LogP contribution in [-0.2, 0) is 5.41 Å². The molecule has 8 aromatic rings. The standard InChI is InChI=1S/C43H30O/c1-43(2)40-35(23-13-24-36(40)42-41(43)34-22-10-11-25-37(34)44-42)39-32-20-8-6-18-30(32)38(31-19-7-9-21-33(31)39)29-17-12-16-28(26-29)27-14-4-3-5-15-27/h3-26H,1-2H3. The molecule has 1 aliphatic rings. The summed E-state index contributed by atoms with van der Waals surface area (Å²) in [6.07, 6.45) is 0. The molecule has 0 spiro atoms. The van der Waals surface area contributed by atoms with Crippen molar-refractivity contribution in [3.63, 3.8) is 0 Å². The molecule has 0 saturated heterocycles. The number of rotatable bonds is 3. The average Bonchev–Trinajstić information content (AvgIpc) is 3.57. The molecule has 1 aromatic heterocycles. The lowest BCUT2D eigenvalue weighted by atomic mass is 9.76. The minimum absolute atomic E-state index is 0.223. The van der Waals surface area contributed by atoms with Crippen LogP contribution in [0, 0.1) is 0 Å². The fourth-order valence-corrected chi connectivity index (χ4v) is 7.82. The van der Waals surface area contributed by atoms with E-state index in [4.69, 9.17) is 4.42 Å². The topological polar surface area (TPSA) is 13.1 Å². The Labute approximate surface area is 257 Å². The molecule has 0 aliphatic heterocycles. The second-order valence-corrected chi connectivity index (χ2v) is 12.4. The van der Waals surface area contributed by atoms with Gasteiger partial charge in [-0.25, -0.2) is 0 Å². The van der Waals surface area contributed by atoms with Gasteiger partial charge in [0.05, 0.1) is 0 Å². The summed E-state index contributed by atoms with van der Waals surface area (Å²) in [5.41, 5.74) is 12.1. The van der Waals surface area contributed by atoms with Gasteiger partial charge in [0.2, 0.25) is 0 Å². The van der Waals surface area contributed by atoms with Crippen molar-refractivity contribution in [1.29, 1.82) is 0 Å². The van der Waals surface area contributed by atoms with Crippen molar-refractivity contribution in [2.24, 2.45) is 0 Å². The Kier molecular flexibility index (Phi) is 5.31. The molecule has 0 bridgehead atoms. The van der Waals surface area contributed by atoms with Crippen LogP contribution < -0.4 is 0 Å². The van der Waals surface area contributed by atoms with Gasteiger partial charge < -0.3 is 4.42 Å². The predicted octanol–water partition coefficient (Wildman–Crippen LogP) is 12.0. The van der Waals surface area contributed by atoms with Crippen LogP contribution in [-0.4, -0.2) is 0 Å².